The molecule has 0 amide bonds. The quantitative estimate of drug-likeness (QED) is 0.788. The number of methoxy groups -OCH3 is 1. The van der Waals surface area contributed by atoms with Crippen LogP contribution in [-0.2, 0) is 16.2 Å². The van der Waals surface area contributed by atoms with Gasteiger partial charge in [-0.15, -0.1) is 0 Å². The highest BCUT2D eigenvalue weighted by atomic mass is 32.2. The van der Waals surface area contributed by atoms with Crippen molar-refractivity contribution in [2.75, 3.05) is 18.0 Å². The normalized spacial score (nSPS) is 12.1. The van der Waals surface area contributed by atoms with Crippen molar-refractivity contribution in [3.05, 3.63) is 53.6 Å². The first-order valence-electron chi connectivity index (χ1n) is 7.46. The molecule has 2 aromatic rings. The maximum Gasteiger partial charge on any atom is 0.416 e. The summed E-state index contributed by atoms with van der Waals surface area (Å²) in [6.45, 7) is 3.25. The molecular formula is C17H18F3NO3S. The zero-order valence-electron chi connectivity index (χ0n) is 14.0. The van der Waals surface area contributed by atoms with Gasteiger partial charge < -0.3 is 4.74 Å². The minimum Gasteiger partial charge on any atom is -0.496 e. The second-order valence-electron chi connectivity index (χ2n) is 5.35. The Morgan fingerprint density at radius 1 is 1.12 bits per heavy atom. The molecule has 0 radical (unpaired) electrons. The van der Waals surface area contributed by atoms with Crippen molar-refractivity contribution in [3.63, 3.8) is 0 Å². The van der Waals surface area contributed by atoms with Gasteiger partial charge in [-0.3, -0.25) is 4.31 Å². The molecule has 0 N–H and O–H groups in total. The number of aryl methyl sites for hydroxylation is 1. The predicted molar refractivity (Wildman–Crippen MR) is 89.4 cm³/mol. The number of halogens is 3. The SMILES string of the molecule is CCN(c1cccc(C(F)(F)F)c1)S(=O)(=O)c1ccc(OC)c(C)c1. The van der Waals surface area contributed by atoms with Crippen LogP contribution >= 0.6 is 0 Å². The summed E-state index contributed by atoms with van der Waals surface area (Å²) in [4.78, 5) is -0.00920. The first-order valence-corrected chi connectivity index (χ1v) is 8.90. The van der Waals surface area contributed by atoms with Gasteiger partial charge in [0.15, 0.2) is 0 Å². The topological polar surface area (TPSA) is 46.6 Å². The molecule has 0 bridgehead atoms. The molecule has 0 unspecified atom stereocenters. The summed E-state index contributed by atoms with van der Waals surface area (Å²) in [5.74, 6) is 0.529. The second-order valence-corrected chi connectivity index (χ2v) is 7.21. The number of ether oxygens (including phenoxy) is 1. The van der Waals surface area contributed by atoms with Gasteiger partial charge in [0.1, 0.15) is 5.75 Å². The van der Waals surface area contributed by atoms with Crippen LogP contribution in [0.3, 0.4) is 0 Å². The van der Waals surface area contributed by atoms with Crippen LogP contribution in [0.15, 0.2) is 47.4 Å². The van der Waals surface area contributed by atoms with Crippen LogP contribution < -0.4 is 9.04 Å². The second kappa shape index (κ2) is 6.95. The lowest BCUT2D eigenvalue weighted by atomic mass is 10.2. The minimum atomic E-state index is -4.55. The van der Waals surface area contributed by atoms with Crippen LogP contribution in [-0.4, -0.2) is 22.1 Å². The van der Waals surface area contributed by atoms with Crippen molar-refractivity contribution >= 4 is 15.7 Å². The number of nitrogens with zero attached hydrogens (tertiary/aromatic N) is 1. The maximum atomic E-state index is 12.9. The number of hydrogen-bond donors (Lipinski definition) is 0. The molecule has 0 aliphatic heterocycles. The highest BCUT2D eigenvalue weighted by molar-refractivity contribution is 7.92. The van der Waals surface area contributed by atoms with Crippen molar-refractivity contribution in [3.8, 4) is 5.75 Å². The summed E-state index contributed by atoms with van der Waals surface area (Å²) in [5, 5.41) is 0. The Labute approximate surface area is 144 Å². The molecule has 0 aromatic heterocycles. The van der Waals surface area contributed by atoms with Crippen LogP contribution in [0.2, 0.25) is 0 Å². The molecule has 0 atom stereocenters. The average molecular weight is 373 g/mol. The monoisotopic (exact) mass is 373 g/mol. The van der Waals surface area contributed by atoms with Gasteiger partial charge in [0.2, 0.25) is 0 Å². The first-order chi connectivity index (χ1) is 11.6. The lowest BCUT2D eigenvalue weighted by molar-refractivity contribution is -0.137. The number of hydrogen-bond acceptors (Lipinski definition) is 3. The third kappa shape index (κ3) is 3.89. The van der Waals surface area contributed by atoms with E-state index < -0.39 is 21.8 Å². The van der Waals surface area contributed by atoms with E-state index in [1.165, 1.54) is 37.4 Å². The molecule has 4 nitrogen and oxygen atoms in total. The molecular weight excluding hydrogens is 355 g/mol. The number of rotatable bonds is 5. The predicted octanol–water partition coefficient (Wildman–Crippen LogP) is 4.24. The third-order valence-corrected chi connectivity index (χ3v) is 5.60. The fraction of sp³-hybridized carbons (Fsp3) is 0.294. The van der Waals surface area contributed by atoms with Crippen molar-refractivity contribution < 1.29 is 26.3 Å². The van der Waals surface area contributed by atoms with Crippen LogP contribution in [0.4, 0.5) is 18.9 Å². The lowest BCUT2D eigenvalue weighted by Gasteiger charge is -2.24. The van der Waals surface area contributed by atoms with E-state index in [-0.39, 0.29) is 17.1 Å². The molecule has 0 saturated carbocycles. The van der Waals surface area contributed by atoms with Gasteiger partial charge in [-0.1, -0.05) is 6.07 Å². The highest BCUT2D eigenvalue weighted by Gasteiger charge is 2.32. The lowest BCUT2D eigenvalue weighted by Crippen LogP contribution is -2.31. The summed E-state index contributed by atoms with van der Waals surface area (Å²) in [6, 6.07) is 8.59. The zero-order chi connectivity index (χ0) is 18.8. The smallest absolute Gasteiger partial charge is 0.416 e. The van der Waals surface area contributed by atoms with Gasteiger partial charge >= 0.3 is 6.18 Å². The molecule has 2 rings (SSSR count). The van der Waals surface area contributed by atoms with E-state index in [4.69, 9.17) is 4.74 Å². The molecule has 25 heavy (non-hydrogen) atoms. The van der Waals surface area contributed by atoms with Gasteiger partial charge in [-0.2, -0.15) is 13.2 Å². The molecule has 0 saturated heterocycles. The number of benzene rings is 2. The van der Waals surface area contributed by atoms with E-state index in [9.17, 15) is 21.6 Å². The van der Waals surface area contributed by atoms with Crippen molar-refractivity contribution in [2.24, 2.45) is 0 Å². The van der Waals surface area contributed by atoms with Crippen molar-refractivity contribution in [2.45, 2.75) is 24.9 Å². The van der Waals surface area contributed by atoms with E-state index in [2.05, 4.69) is 0 Å². The third-order valence-electron chi connectivity index (χ3n) is 3.70. The van der Waals surface area contributed by atoms with E-state index in [0.717, 1.165) is 16.4 Å². The molecule has 0 aliphatic rings. The van der Waals surface area contributed by atoms with Gasteiger partial charge in [0.05, 0.1) is 23.3 Å². The standard InChI is InChI=1S/C17H18F3NO3S/c1-4-21(14-7-5-6-13(11-14)17(18,19)20)25(22,23)15-8-9-16(24-3)12(2)10-15/h5-11H,4H2,1-3H3. The Morgan fingerprint density at radius 3 is 2.32 bits per heavy atom. The Bertz CT molecular complexity index is 864. The van der Waals surface area contributed by atoms with E-state index in [1.807, 2.05) is 0 Å². The fourth-order valence-electron chi connectivity index (χ4n) is 2.47. The molecule has 0 aliphatic carbocycles. The van der Waals surface area contributed by atoms with Crippen LogP contribution in [0.5, 0.6) is 5.75 Å². The molecule has 2 aromatic carbocycles. The highest BCUT2D eigenvalue weighted by Crippen LogP contribution is 2.33. The first kappa shape index (κ1) is 19.1. The summed E-state index contributed by atoms with van der Waals surface area (Å²) < 4.78 is 70.5. The largest absolute Gasteiger partial charge is 0.496 e. The Hall–Kier alpha value is -2.22. The van der Waals surface area contributed by atoms with Gasteiger partial charge in [-0.25, -0.2) is 8.42 Å². The summed E-state index contributed by atoms with van der Waals surface area (Å²) >= 11 is 0. The molecule has 0 spiro atoms. The number of sulfonamides is 1. The van der Waals surface area contributed by atoms with E-state index in [0.29, 0.717) is 11.3 Å². The molecule has 0 fully saturated rings. The summed E-state index contributed by atoms with van der Waals surface area (Å²) in [6.07, 6.45) is -4.55. The van der Waals surface area contributed by atoms with Crippen molar-refractivity contribution in [1.82, 2.24) is 0 Å². The van der Waals surface area contributed by atoms with Gasteiger partial charge in [0.25, 0.3) is 10.0 Å². The zero-order valence-corrected chi connectivity index (χ0v) is 14.8. The average Bonchev–Trinajstić information content (AvgIpc) is 2.54. The van der Waals surface area contributed by atoms with Crippen LogP contribution in [0.25, 0.3) is 0 Å². The van der Waals surface area contributed by atoms with Gasteiger partial charge in [-0.05, 0) is 55.8 Å². The van der Waals surface area contributed by atoms with Crippen LogP contribution in [0.1, 0.15) is 18.1 Å². The Balaban J connectivity index is 2.51. The minimum absolute atomic E-state index is 0.00524. The molecule has 0 heterocycles. The van der Waals surface area contributed by atoms with E-state index >= 15 is 0 Å². The van der Waals surface area contributed by atoms with Crippen molar-refractivity contribution in [1.29, 1.82) is 0 Å². The Morgan fingerprint density at radius 2 is 1.80 bits per heavy atom. The van der Waals surface area contributed by atoms with Crippen LogP contribution in [0, 0.1) is 6.92 Å². The summed E-state index contributed by atoms with van der Waals surface area (Å²) in [7, 11) is -2.53. The Kier molecular flexibility index (Phi) is 5.31. The number of anilines is 1. The fourth-order valence-corrected chi connectivity index (χ4v) is 4.02. The van der Waals surface area contributed by atoms with Gasteiger partial charge in [0, 0.05) is 6.54 Å². The molecule has 136 valence electrons. The maximum absolute atomic E-state index is 12.9. The van der Waals surface area contributed by atoms with E-state index in [1.54, 1.807) is 13.8 Å². The number of alkyl halides is 3. The molecule has 8 heteroatoms. The summed E-state index contributed by atoms with van der Waals surface area (Å²) in [5.41, 5.74) is -0.320.